The molecular weight excluding hydrogens is 182 g/mol. The Morgan fingerprint density at radius 3 is 2.33 bits per heavy atom. The second-order valence-electron chi connectivity index (χ2n) is 4.60. The second-order valence-corrected chi connectivity index (χ2v) is 4.60. The molecule has 15 heavy (non-hydrogen) atoms. The molecule has 0 aliphatic rings. The molecule has 1 aromatic rings. The van der Waals surface area contributed by atoms with Crippen LogP contribution in [0.3, 0.4) is 0 Å². The molecule has 0 saturated carbocycles. The van der Waals surface area contributed by atoms with E-state index in [4.69, 9.17) is 0 Å². The summed E-state index contributed by atoms with van der Waals surface area (Å²) in [4.78, 5) is 0. The molecule has 0 aromatic heterocycles. The maximum Gasteiger partial charge on any atom is 0.0105 e. The molecule has 0 spiro atoms. The Balaban J connectivity index is 2.40. The standard InChI is InChI=1S/C14H23N/c1-4-14(15-11-12(2)3)10-13-8-6-5-7-9-13/h5-9,12,14-15H,4,10-11H2,1-3H3. The number of nitrogens with one attached hydrogen (secondary N) is 1. The first-order valence-electron chi connectivity index (χ1n) is 5.99. The average Bonchev–Trinajstić information content (AvgIpc) is 2.25. The van der Waals surface area contributed by atoms with Crippen molar-refractivity contribution in [2.75, 3.05) is 6.54 Å². The van der Waals surface area contributed by atoms with E-state index in [2.05, 4.69) is 56.4 Å². The lowest BCUT2D eigenvalue weighted by molar-refractivity contribution is 0.450. The van der Waals surface area contributed by atoms with Gasteiger partial charge in [0.25, 0.3) is 0 Å². The summed E-state index contributed by atoms with van der Waals surface area (Å²) in [6, 6.07) is 11.3. The van der Waals surface area contributed by atoms with E-state index in [9.17, 15) is 0 Å². The van der Waals surface area contributed by atoms with Gasteiger partial charge in [-0.2, -0.15) is 0 Å². The molecule has 1 unspecified atom stereocenters. The fourth-order valence-electron chi connectivity index (χ4n) is 1.66. The third-order valence-corrected chi connectivity index (χ3v) is 2.63. The Hall–Kier alpha value is -0.820. The van der Waals surface area contributed by atoms with Gasteiger partial charge in [-0.05, 0) is 30.9 Å². The van der Waals surface area contributed by atoms with Crippen LogP contribution in [-0.2, 0) is 6.42 Å². The van der Waals surface area contributed by atoms with Gasteiger partial charge in [-0.25, -0.2) is 0 Å². The van der Waals surface area contributed by atoms with Gasteiger partial charge in [0.15, 0.2) is 0 Å². The zero-order valence-electron chi connectivity index (χ0n) is 10.2. The van der Waals surface area contributed by atoms with Gasteiger partial charge in [-0.15, -0.1) is 0 Å². The van der Waals surface area contributed by atoms with E-state index in [1.54, 1.807) is 0 Å². The summed E-state index contributed by atoms with van der Waals surface area (Å²) in [6.07, 6.45) is 2.34. The molecule has 1 N–H and O–H groups in total. The highest BCUT2D eigenvalue weighted by atomic mass is 14.9. The van der Waals surface area contributed by atoms with Crippen molar-refractivity contribution in [3.63, 3.8) is 0 Å². The van der Waals surface area contributed by atoms with Crippen LogP contribution in [0, 0.1) is 5.92 Å². The molecule has 1 nitrogen and oxygen atoms in total. The Morgan fingerprint density at radius 1 is 1.13 bits per heavy atom. The molecule has 0 bridgehead atoms. The van der Waals surface area contributed by atoms with Gasteiger partial charge in [-0.1, -0.05) is 51.1 Å². The molecule has 1 heteroatoms. The Kier molecular flexibility index (Phi) is 5.41. The maximum atomic E-state index is 3.62. The van der Waals surface area contributed by atoms with Crippen LogP contribution in [0.25, 0.3) is 0 Å². The molecule has 0 amide bonds. The zero-order chi connectivity index (χ0) is 11.1. The first-order chi connectivity index (χ1) is 7.22. The van der Waals surface area contributed by atoms with Gasteiger partial charge in [0.05, 0.1) is 0 Å². The summed E-state index contributed by atoms with van der Waals surface area (Å²) in [6.45, 7) is 7.87. The summed E-state index contributed by atoms with van der Waals surface area (Å²) in [5, 5.41) is 3.62. The lowest BCUT2D eigenvalue weighted by Crippen LogP contribution is -2.33. The average molecular weight is 205 g/mol. The van der Waals surface area contributed by atoms with Crippen LogP contribution in [0.2, 0.25) is 0 Å². The van der Waals surface area contributed by atoms with Crippen molar-refractivity contribution in [1.29, 1.82) is 0 Å². The largest absolute Gasteiger partial charge is 0.313 e. The molecule has 0 saturated heterocycles. The van der Waals surface area contributed by atoms with Crippen molar-refractivity contribution in [1.82, 2.24) is 5.32 Å². The first kappa shape index (κ1) is 12.3. The lowest BCUT2D eigenvalue weighted by Gasteiger charge is -2.18. The third kappa shape index (κ3) is 4.98. The summed E-state index contributed by atoms with van der Waals surface area (Å²) in [5.74, 6) is 0.731. The number of benzene rings is 1. The molecule has 1 aromatic carbocycles. The Bertz CT molecular complexity index is 253. The smallest absolute Gasteiger partial charge is 0.0105 e. The minimum atomic E-state index is 0.620. The van der Waals surface area contributed by atoms with Crippen molar-refractivity contribution in [3.8, 4) is 0 Å². The highest BCUT2D eigenvalue weighted by Crippen LogP contribution is 2.05. The highest BCUT2D eigenvalue weighted by Gasteiger charge is 2.06. The normalized spacial score (nSPS) is 13.1. The monoisotopic (exact) mass is 205 g/mol. The fraction of sp³-hybridized carbons (Fsp3) is 0.571. The van der Waals surface area contributed by atoms with Crippen LogP contribution in [0.15, 0.2) is 30.3 Å². The molecule has 0 aliphatic heterocycles. The quantitative estimate of drug-likeness (QED) is 0.751. The molecule has 0 aliphatic carbocycles. The van der Waals surface area contributed by atoms with Crippen LogP contribution in [0.5, 0.6) is 0 Å². The van der Waals surface area contributed by atoms with Crippen molar-refractivity contribution in [3.05, 3.63) is 35.9 Å². The lowest BCUT2D eigenvalue weighted by atomic mass is 10.0. The van der Waals surface area contributed by atoms with Crippen LogP contribution >= 0.6 is 0 Å². The van der Waals surface area contributed by atoms with Gasteiger partial charge in [0.2, 0.25) is 0 Å². The number of rotatable bonds is 6. The Morgan fingerprint density at radius 2 is 1.80 bits per heavy atom. The Labute approximate surface area is 93.9 Å². The van der Waals surface area contributed by atoms with E-state index in [1.165, 1.54) is 12.0 Å². The highest BCUT2D eigenvalue weighted by molar-refractivity contribution is 5.15. The summed E-state index contributed by atoms with van der Waals surface area (Å²) in [5.41, 5.74) is 1.43. The molecule has 0 fully saturated rings. The number of hydrogen-bond donors (Lipinski definition) is 1. The summed E-state index contributed by atoms with van der Waals surface area (Å²) < 4.78 is 0. The number of hydrogen-bond acceptors (Lipinski definition) is 1. The van der Waals surface area contributed by atoms with E-state index in [0.29, 0.717) is 6.04 Å². The second kappa shape index (κ2) is 6.62. The molecular formula is C14H23N. The predicted octanol–water partition coefficient (Wildman–Crippen LogP) is 3.25. The zero-order valence-corrected chi connectivity index (χ0v) is 10.2. The first-order valence-corrected chi connectivity index (χ1v) is 5.99. The van der Waals surface area contributed by atoms with E-state index in [1.807, 2.05) is 0 Å². The summed E-state index contributed by atoms with van der Waals surface area (Å²) in [7, 11) is 0. The van der Waals surface area contributed by atoms with Crippen LogP contribution in [0.1, 0.15) is 32.8 Å². The van der Waals surface area contributed by atoms with Crippen LogP contribution < -0.4 is 5.32 Å². The minimum absolute atomic E-state index is 0.620. The predicted molar refractivity (Wildman–Crippen MR) is 67.1 cm³/mol. The van der Waals surface area contributed by atoms with Crippen LogP contribution in [0.4, 0.5) is 0 Å². The van der Waals surface area contributed by atoms with Gasteiger partial charge < -0.3 is 5.32 Å². The summed E-state index contributed by atoms with van der Waals surface area (Å²) >= 11 is 0. The van der Waals surface area contributed by atoms with Crippen molar-refractivity contribution in [2.45, 2.75) is 39.7 Å². The molecule has 0 heterocycles. The molecule has 1 rings (SSSR count). The van der Waals surface area contributed by atoms with Crippen molar-refractivity contribution < 1.29 is 0 Å². The molecule has 1 atom stereocenters. The van der Waals surface area contributed by atoms with E-state index < -0.39 is 0 Å². The third-order valence-electron chi connectivity index (χ3n) is 2.63. The van der Waals surface area contributed by atoms with Gasteiger partial charge in [-0.3, -0.25) is 0 Å². The van der Waals surface area contributed by atoms with E-state index in [-0.39, 0.29) is 0 Å². The fourth-order valence-corrected chi connectivity index (χ4v) is 1.66. The van der Waals surface area contributed by atoms with Gasteiger partial charge in [0, 0.05) is 6.04 Å². The van der Waals surface area contributed by atoms with Crippen LogP contribution in [-0.4, -0.2) is 12.6 Å². The minimum Gasteiger partial charge on any atom is -0.313 e. The topological polar surface area (TPSA) is 12.0 Å². The van der Waals surface area contributed by atoms with Crippen molar-refractivity contribution in [2.24, 2.45) is 5.92 Å². The van der Waals surface area contributed by atoms with E-state index >= 15 is 0 Å². The van der Waals surface area contributed by atoms with Crippen molar-refractivity contribution >= 4 is 0 Å². The van der Waals surface area contributed by atoms with E-state index in [0.717, 1.165) is 18.9 Å². The van der Waals surface area contributed by atoms with Gasteiger partial charge >= 0.3 is 0 Å². The molecule has 84 valence electrons. The SMILES string of the molecule is CCC(Cc1ccccc1)NCC(C)C. The maximum absolute atomic E-state index is 3.62. The van der Waals surface area contributed by atoms with Gasteiger partial charge in [0.1, 0.15) is 0 Å². The molecule has 0 radical (unpaired) electrons.